The van der Waals surface area contributed by atoms with Crippen molar-refractivity contribution in [1.82, 2.24) is 4.90 Å². The molecule has 36 heavy (non-hydrogen) atoms. The molecule has 3 rings (SSSR count). The van der Waals surface area contributed by atoms with E-state index in [1.807, 2.05) is 30.0 Å². The Bertz CT molecular complexity index is 970. The Morgan fingerprint density at radius 3 is 2.28 bits per heavy atom. The van der Waals surface area contributed by atoms with Crippen molar-refractivity contribution in [3.8, 4) is 16.9 Å². The van der Waals surface area contributed by atoms with Crippen molar-refractivity contribution < 1.29 is 28.5 Å². The number of amides is 1. The summed E-state index contributed by atoms with van der Waals surface area (Å²) < 4.78 is 27.8. The summed E-state index contributed by atoms with van der Waals surface area (Å²) in [5, 5.41) is 0. The Hall–Kier alpha value is -2.45. The summed E-state index contributed by atoms with van der Waals surface area (Å²) in [5.74, 6) is 0.830. The average Bonchev–Trinajstić information content (AvgIpc) is 2.91. The van der Waals surface area contributed by atoms with Gasteiger partial charge < -0.3 is 28.6 Å². The van der Waals surface area contributed by atoms with Gasteiger partial charge in [-0.3, -0.25) is 4.79 Å². The summed E-state index contributed by atoms with van der Waals surface area (Å²) in [6.07, 6.45) is 2.77. The third kappa shape index (κ3) is 7.07. The van der Waals surface area contributed by atoms with Crippen LogP contribution in [0.25, 0.3) is 11.1 Å². The first-order valence-electron chi connectivity index (χ1n) is 12.8. The number of hydrogen-bond donors (Lipinski definition) is 0. The molecule has 1 radical (unpaired) electrons. The Morgan fingerprint density at radius 2 is 1.61 bits per heavy atom. The maximum absolute atomic E-state index is 14.1. The van der Waals surface area contributed by atoms with Crippen molar-refractivity contribution in [2.75, 3.05) is 74.1 Å². The van der Waals surface area contributed by atoms with Gasteiger partial charge in [-0.1, -0.05) is 18.2 Å². The molecule has 1 fully saturated rings. The first-order valence-corrected chi connectivity index (χ1v) is 12.8. The largest absolute Gasteiger partial charge is 0.493 e. The van der Waals surface area contributed by atoms with Crippen molar-refractivity contribution in [2.24, 2.45) is 0 Å². The number of carbonyl (C=O) groups excluding carboxylic acids is 1. The van der Waals surface area contributed by atoms with Gasteiger partial charge in [-0.05, 0) is 67.0 Å². The first kappa shape index (κ1) is 28.1. The van der Waals surface area contributed by atoms with Gasteiger partial charge in [-0.25, -0.2) is 0 Å². The highest BCUT2D eigenvalue weighted by Crippen LogP contribution is 2.39. The SMILES string of the molecule is CCOc1ccccc1-c1c(CCOC)[c]c(CCOC)c(C(=O)N2CCOCC2)c1CCCOC. The number of methoxy groups -OCH3 is 3. The van der Waals surface area contributed by atoms with Gasteiger partial charge in [0.05, 0.1) is 33.0 Å². The van der Waals surface area contributed by atoms with E-state index in [0.29, 0.717) is 72.0 Å². The van der Waals surface area contributed by atoms with Gasteiger partial charge in [-0.15, -0.1) is 0 Å². The molecular formula is C29H40NO6. The average molecular weight is 499 g/mol. The Morgan fingerprint density at radius 1 is 0.944 bits per heavy atom. The van der Waals surface area contributed by atoms with Crippen molar-refractivity contribution in [3.63, 3.8) is 0 Å². The number of rotatable bonds is 14. The number of para-hydroxylation sites is 1. The van der Waals surface area contributed by atoms with E-state index in [9.17, 15) is 4.79 Å². The third-order valence-electron chi connectivity index (χ3n) is 6.36. The highest BCUT2D eigenvalue weighted by atomic mass is 16.5. The zero-order valence-corrected chi connectivity index (χ0v) is 22.2. The molecular weight excluding hydrogens is 458 g/mol. The van der Waals surface area contributed by atoms with E-state index in [4.69, 9.17) is 23.7 Å². The van der Waals surface area contributed by atoms with Gasteiger partial charge in [-0.2, -0.15) is 0 Å². The van der Waals surface area contributed by atoms with Crippen LogP contribution in [0.15, 0.2) is 24.3 Å². The van der Waals surface area contributed by atoms with E-state index in [0.717, 1.165) is 45.6 Å². The molecule has 2 aromatic carbocycles. The predicted octanol–water partition coefficient (Wildman–Crippen LogP) is 3.98. The number of hydrogen-bond acceptors (Lipinski definition) is 6. The van der Waals surface area contributed by atoms with Crippen LogP contribution >= 0.6 is 0 Å². The van der Waals surface area contributed by atoms with Crippen LogP contribution in [0.5, 0.6) is 5.75 Å². The number of benzene rings is 2. The second-order valence-corrected chi connectivity index (χ2v) is 8.73. The summed E-state index contributed by atoms with van der Waals surface area (Å²) in [6.45, 7) is 6.47. The Balaban J connectivity index is 2.29. The molecule has 0 bridgehead atoms. The molecule has 1 heterocycles. The lowest BCUT2D eigenvalue weighted by atomic mass is 9.83. The molecule has 1 amide bonds. The summed E-state index contributed by atoms with van der Waals surface area (Å²) in [6, 6.07) is 11.7. The molecule has 7 nitrogen and oxygen atoms in total. The summed E-state index contributed by atoms with van der Waals surface area (Å²) in [5.41, 5.74) is 5.66. The van der Waals surface area contributed by atoms with Gasteiger partial charge in [0.25, 0.3) is 5.91 Å². The lowest BCUT2D eigenvalue weighted by Crippen LogP contribution is -2.41. The van der Waals surface area contributed by atoms with E-state index < -0.39 is 0 Å². The summed E-state index contributed by atoms with van der Waals surface area (Å²) >= 11 is 0. The molecule has 0 spiro atoms. The summed E-state index contributed by atoms with van der Waals surface area (Å²) in [4.78, 5) is 16.0. The monoisotopic (exact) mass is 498 g/mol. The maximum atomic E-state index is 14.1. The molecule has 1 saturated heterocycles. The number of nitrogens with zero attached hydrogens (tertiary/aromatic N) is 1. The quantitative estimate of drug-likeness (QED) is 0.367. The van der Waals surface area contributed by atoms with E-state index >= 15 is 0 Å². The van der Waals surface area contributed by atoms with Crippen molar-refractivity contribution in [1.29, 1.82) is 0 Å². The Labute approximate surface area is 215 Å². The molecule has 2 aromatic rings. The fourth-order valence-corrected chi connectivity index (χ4v) is 4.69. The highest BCUT2D eigenvalue weighted by Gasteiger charge is 2.28. The first-order chi connectivity index (χ1) is 17.7. The minimum atomic E-state index is 0.0292. The number of carbonyl (C=O) groups is 1. The zero-order chi connectivity index (χ0) is 25.8. The number of ether oxygens (including phenoxy) is 5. The maximum Gasteiger partial charge on any atom is 0.254 e. The van der Waals surface area contributed by atoms with Gasteiger partial charge in [0.1, 0.15) is 5.75 Å². The third-order valence-corrected chi connectivity index (χ3v) is 6.36. The zero-order valence-electron chi connectivity index (χ0n) is 22.2. The van der Waals surface area contributed by atoms with E-state index in [1.54, 1.807) is 21.3 Å². The van der Waals surface area contributed by atoms with E-state index in [2.05, 4.69) is 12.1 Å². The normalized spacial score (nSPS) is 13.7. The number of morpholine rings is 1. The lowest BCUT2D eigenvalue weighted by Gasteiger charge is -2.30. The van der Waals surface area contributed by atoms with Gasteiger partial charge in [0, 0.05) is 52.2 Å². The van der Waals surface area contributed by atoms with Gasteiger partial charge in [0.2, 0.25) is 0 Å². The van der Waals surface area contributed by atoms with Crippen LogP contribution in [0, 0.1) is 6.07 Å². The molecule has 1 aliphatic rings. The molecule has 1 aliphatic heterocycles. The molecule has 0 aromatic heterocycles. The van der Waals surface area contributed by atoms with E-state index in [-0.39, 0.29) is 5.91 Å². The summed E-state index contributed by atoms with van der Waals surface area (Å²) in [7, 11) is 5.09. The van der Waals surface area contributed by atoms with Gasteiger partial charge in [0.15, 0.2) is 0 Å². The van der Waals surface area contributed by atoms with Gasteiger partial charge >= 0.3 is 0 Å². The standard InChI is InChI=1S/C29H40NO6/c1-5-36-26-11-7-6-9-24(26)27-22(12-17-33-3)21-23(13-18-34-4)28(25(27)10-8-16-32-2)29(31)30-14-19-35-20-15-30/h6-7,9,11H,5,8,10,12-20H2,1-4H3. The van der Waals surface area contributed by atoms with Crippen LogP contribution in [0.1, 0.15) is 40.4 Å². The minimum Gasteiger partial charge on any atom is -0.493 e. The van der Waals surface area contributed by atoms with Crippen LogP contribution in [-0.2, 0) is 38.2 Å². The molecule has 7 heteroatoms. The molecule has 197 valence electrons. The molecule has 0 unspecified atom stereocenters. The highest BCUT2D eigenvalue weighted by molar-refractivity contribution is 6.00. The van der Waals surface area contributed by atoms with Crippen molar-refractivity contribution in [2.45, 2.75) is 32.6 Å². The second kappa shape index (κ2) is 15.0. The van der Waals surface area contributed by atoms with Crippen LogP contribution in [-0.4, -0.2) is 84.9 Å². The lowest BCUT2D eigenvalue weighted by molar-refractivity contribution is 0.0301. The second-order valence-electron chi connectivity index (χ2n) is 8.73. The van der Waals surface area contributed by atoms with Crippen molar-refractivity contribution >= 4 is 5.91 Å². The minimum absolute atomic E-state index is 0.0292. The van der Waals surface area contributed by atoms with E-state index in [1.165, 1.54) is 0 Å². The van der Waals surface area contributed by atoms with Crippen LogP contribution in [0.4, 0.5) is 0 Å². The molecule has 0 N–H and O–H groups in total. The van der Waals surface area contributed by atoms with Crippen LogP contribution in [0.3, 0.4) is 0 Å². The predicted molar refractivity (Wildman–Crippen MR) is 140 cm³/mol. The van der Waals surface area contributed by atoms with Crippen molar-refractivity contribution in [3.05, 3.63) is 52.6 Å². The smallest absolute Gasteiger partial charge is 0.254 e. The van der Waals surface area contributed by atoms with Crippen LogP contribution in [0.2, 0.25) is 0 Å². The van der Waals surface area contributed by atoms with Crippen LogP contribution < -0.4 is 4.74 Å². The fourth-order valence-electron chi connectivity index (χ4n) is 4.69. The molecule has 0 atom stereocenters. The topological polar surface area (TPSA) is 66.5 Å². The molecule has 0 aliphatic carbocycles. The molecule has 0 saturated carbocycles. The fraction of sp³-hybridized carbons (Fsp3) is 0.552. The Kier molecular flexibility index (Phi) is 11.7.